The van der Waals surface area contributed by atoms with Crippen LogP contribution in [0.5, 0.6) is 0 Å². The van der Waals surface area contributed by atoms with Crippen LogP contribution >= 0.6 is 0 Å². The molecule has 1 aromatic rings. The Morgan fingerprint density at radius 1 is 1.08 bits per heavy atom. The van der Waals surface area contributed by atoms with Gasteiger partial charge in [-0.3, -0.25) is 0 Å². The lowest BCUT2D eigenvalue weighted by molar-refractivity contribution is 0.0529. The molecular formula is C20H32N2O2. The molecule has 0 saturated heterocycles. The summed E-state index contributed by atoms with van der Waals surface area (Å²) in [6, 6.07) is 8.29. The zero-order valence-corrected chi connectivity index (χ0v) is 15.6. The highest BCUT2D eigenvalue weighted by Crippen LogP contribution is 2.10. The lowest BCUT2D eigenvalue weighted by Crippen LogP contribution is -2.29. The highest BCUT2D eigenvalue weighted by atomic mass is 16.6. The fraction of sp³-hybridized carbons (Fsp3) is 0.600. The maximum absolute atomic E-state index is 11.5. The first-order valence-electron chi connectivity index (χ1n) is 9.01. The Morgan fingerprint density at radius 3 is 2.33 bits per heavy atom. The Hall–Kier alpha value is -1.84. The smallest absolute Gasteiger partial charge is 0.428 e. The van der Waals surface area contributed by atoms with Gasteiger partial charge in [0.15, 0.2) is 0 Å². The van der Waals surface area contributed by atoms with Gasteiger partial charge in [-0.05, 0) is 44.7 Å². The zero-order chi connectivity index (χ0) is 17.8. The van der Waals surface area contributed by atoms with Crippen LogP contribution in [0.3, 0.4) is 0 Å². The Balaban J connectivity index is 2.29. The van der Waals surface area contributed by atoms with Crippen molar-refractivity contribution in [3.05, 3.63) is 35.4 Å². The van der Waals surface area contributed by atoms with Gasteiger partial charge in [0.1, 0.15) is 5.60 Å². The van der Waals surface area contributed by atoms with E-state index in [1.54, 1.807) is 6.21 Å². The van der Waals surface area contributed by atoms with Gasteiger partial charge in [0.05, 0.1) is 6.21 Å². The second-order valence-corrected chi connectivity index (χ2v) is 7.13. The molecule has 1 aromatic carbocycles. The van der Waals surface area contributed by atoms with Gasteiger partial charge in [-0.1, -0.05) is 63.3 Å². The van der Waals surface area contributed by atoms with E-state index in [4.69, 9.17) is 4.74 Å². The minimum absolute atomic E-state index is 0.516. The van der Waals surface area contributed by atoms with E-state index in [-0.39, 0.29) is 0 Å². The van der Waals surface area contributed by atoms with Crippen molar-refractivity contribution >= 4 is 12.3 Å². The van der Waals surface area contributed by atoms with Crippen LogP contribution in [0.2, 0.25) is 0 Å². The number of unbranched alkanes of at least 4 members (excludes halogenated alkanes) is 5. The number of hydrazone groups is 1. The second kappa shape index (κ2) is 10.8. The number of ether oxygens (including phenoxy) is 1. The van der Waals surface area contributed by atoms with Crippen LogP contribution in [0.25, 0.3) is 0 Å². The van der Waals surface area contributed by atoms with E-state index in [0.717, 1.165) is 12.0 Å². The topological polar surface area (TPSA) is 50.7 Å². The number of carbonyl (C=O) groups is 1. The van der Waals surface area contributed by atoms with Crippen LogP contribution in [0.15, 0.2) is 29.4 Å². The highest BCUT2D eigenvalue weighted by molar-refractivity contribution is 5.80. The molecule has 0 aliphatic heterocycles. The molecule has 0 aliphatic carbocycles. The van der Waals surface area contributed by atoms with Crippen LogP contribution in [0, 0.1) is 0 Å². The van der Waals surface area contributed by atoms with Gasteiger partial charge in [-0.15, -0.1) is 0 Å². The van der Waals surface area contributed by atoms with Gasteiger partial charge < -0.3 is 4.74 Å². The summed E-state index contributed by atoms with van der Waals surface area (Å²) in [5.41, 5.74) is 4.16. The summed E-state index contributed by atoms with van der Waals surface area (Å²) in [5, 5.41) is 3.91. The Morgan fingerprint density at radius 2 is 1.71 bits per heavy atom. The van der Waals surface area contributed by atoms with Crippen molar-refractivity contribution in [1.82, 2.24) is 5.43 Å². The van der Waals surface area contributed by atoms with Gasteiger partial charge in [0.2, 0.25) is 0 Å². The molecule has 0 aliphatic rings. The molecule has 0 unspecified atom stereocenters. The molecule has 0 bridgehead atoms. The first kappa shape index (κ1) is 20.2. The second-order valence-electron chi connectivity index (χ2n) is 7.13. The summed E-state index contributed by atoms with van der Waals surface area (Å²) in [5.74, 6) is 0. The molecule has 0 atom stereocenters. The van der Waals surface area contributed by atoms with Crippen molar-refractivity contribution in [2.24, 2.45) is 5.10 Å². The molecule has 4 heteroatoms. The molecule has 0 spiro atoms. The maximum Gasteiger partial charge on any atom is 0.428 e. The lowest BCUT2D eigenvalue weighted by Gasteiger charge is -2.18. The number of aryl methyl sites for hydroxylation is 1. The standard InChI is InChI=1S/C20H32N2O2/c1-5-6-7-8-9-10-11-17-12-14-18(15-13-17)16-21-22-19(23)24-20(2,3)4/h12-16H,5-11H2,1-4H3,(H,22,23). The van der Waals surface area contributed by atoms with Gasteiger partial charge in [0, 0.05) is 0 Å². The first-order chi connectivity index (χ1) is 11.4. The number of nitrogens with zero attached hydrogens (tertiary/aromatic N) is 1. The zero-order valence-electron chi connectivity index (χ0n) is 15.6. The quantitative estimate of drug-likeness (QED) is 0.371. The molecule has 134 valence electrons. The van der Waals surface area contributed by atoms with Crippen LogP contribution in [0.1, 0.15) is 77.3 Å². The number of benzene rings is 1. The average molecular weight is 332 g/mol. The summed E-state index contributed by atoms with van der Waals surface area (Å²) in [6.07, 6.45) is 10.1. The van der Waals surface area contributed by atoms with E-state index in [9.17, 15) is 4.79 Å². The molecule has 24 heavy (non-hydrogen) atoms. The Bertz CT molecular complexity index is 501. The number of amides is 1. The minimum Gasteiger partial charge on any atom is -0.443 e. The third-order valence-corrected chi connectivity index (χ3v) is 3.57. The molecule has 1 rings (SSSR count). The van der Waals surface area contributed by atoms with Crippen LogP contribution < -0.4 is 5.43 Å². The summed E-state index contributed by atoms with van der Waals surface area (Å²) in [4.78, 5) is 11.5. The molecule has 1 amide bonds. The largest absolute Gasteiger partial charge is 0.443 e. The molecule has 0 saturated carbocycles. The van der Waals surface area contributed by atoms with E-state index in [2.05, 4.69) is 29.6 Å². The van der Waals surface area contributed by atoms with E-state index >= 15 is 0 Å². The molecule has 0 radical (unpaired) electrons. The summed E-state index contributed by atoms with van der Waals surface area (Å²) < 4.78 is 5.11. The van der Waals surface area contributed by atoms with Crippen molar-refractivity contribution < 1.29 is 9.53 Å². The molecule has 4 nitrogen and oxygen atoms in total. The number of rotatable bonds is 9. The van der Waals surface area contributed by atoms with Crippen molar-refractivity contribution in [3.63, 3.8) is 0 Å². The van der Waals surface area contributed by atoms with Crippen LogP contribution in [-0.2, 0) is 11.2 Å². The van der Waals surface area contributed by atoms with Crippen molar-refractivity contribution in [3.8, 4) is 0 Å². The fourth-order valence-corrected chi connectivity index (χ4v) is 2.34. The third-order valence-electron chi connectivity index (χ3n) is 3.57. The normalized spacial score (nSPS) is 11.7. The van der Waals surface area contributed by atoms with Crippen LogP contribution in [-0.4, -0.2) is 17.9 Å². The molecule has 0 fully saturated rings. The average Bonchev–Trinajstić information content (AvgIpc) is 2.50. The maximum atomic E-state index is 11.5. The molecule has 0 aromatic heterocycles. The lowest BCUT2D eigenvalue weighted by atomic mass is 10.0. The number of carbonyl (C=O) groups excluding carboxylic acids is 1. The monoisotopic (exact) mass is 332 g/mol. The minimum atomic E-state index is -0.543. The van der Waals surface area contributed by atoms with Gasteiger partial charge in [0.25, 0.3) is 0 Å². The summed E-state index contributed by atoms with van der Waals surface area (Å²) in [6.45, 7) is 7.70. The van der Waals surface area contributed by atoms with Gasteiger partial charge in [-0.25, -0.2) is 10.2 Å². The number of hydrogen-bond acceptors (Lipinski definition) is 3. The first-order valence-corrected chi connectivity index (χ1v) is 9.01. The van der Waals surface area contributed by atoms with E-state index in [1.165, 1.54) is 44.1 Å². The predicted molar refractivity (Wildman–Crippen MR) is 100 cm³/mol. The Kier molecular flexibility index (Phi) is 9.13. The fourth-order valence-electron chi connectivity index (χ4n) is 2.34. The van der Waals surface area contributed by atoms with Gasteiger partial charge in [-0.2, -0.15) is 5.10 Å². The van der Waals surface area contributed by atoms with E-state index in [0.29, 0.717) is 0 Å². The summed E-state index contributed by atoms with van der Waals surface area (Å²) >= 11 is 0. The predicted octanol–water partition coefficient (Wildman–Crippen LogP) is 5.45. The number of nitrogens with one attached hydrogen (secondary N) is 1. The molecule has 1 N–H and O–H groups in total. The Labute approximate surface area is 146 Å². The van der Waals surface area contributed by atoms with E-state index in [1.807, 2.05) is 32.9 Å². The highest BCUT2D eigenvalue weighted by Gasteiger charge is 2.15. The van der Waals surface area contributed by atoms with Crippen molar-refractivity contribution in [2.45, 2.75) is 78.2 Å². The van der Waals surface area contributed by atoms with Gasteiger partial charge >= 0.3 is 6.09 Å². The summed E-state index contributed by atoms with van der Waals surface area (Å²) in [7, 11) is 0. The van der Waals surface area contributed by atoms with E-state index < -0.39 is 11.7 Å². The molecular weight excluding hydrogens is 300 g/mol. The van der Waals surface area contributed by atoms with Crippen molar-refractivity contribution in [2.75, 3.05) is 0 Å². The SMILES string of the molecule is CCCCCCCCc1ccc(C=NNC(=O)OC(C)(C)C)cc1. The number of hydrogen-bond donors (Lipinski definition) is 1. The van der Waals surface area contributed by atoms with Crippen molar-refractivity contribution in [1.29, 1.82) is 0 Å². The third kappa shape index (κ3) is 10.0. The molecule has 0 heterocycles. The van der Waals surface area contributed by atoms with Crippen LogP contribution in [0.4, 0.5) is 4.79 Å².